The molecule has 116 valence electrons. The lowest BCUT2D eigenvalue weighted by atomic mass is 10.2. The van der Waals surface area contributed by atoms with Crippen molar-refractivity contribution in [1.82, 2.24) is 10.3 Å². The van der Waals surface area contributed by atoms with Crippen LogP contribution in [0, 0.1) is 0 Å². The molecule has 0 saturated heterocycles. The highest BCUT2D eigenvalue weighted by molar-refractivity contribution is 7.09. The van der Waals surface area contributed by atoms with Crippen molar-refractivity contribution < 1.29 is 9.53 Å². The summed E-state index contributed by atoms with van der Waals surface area (Å²) < 4.78 is 5.63. The van der Waals surface area contributed by atoms with Gasteiger partial charge >= 0.3 is 0 Å². The lowest BCUT2D eigenvalue weighted by Gasteiger charge is -2.09. The predicted molar refractivity (Wildman–Crippen MR) is 87.6 cm³/mol. The molecule has 1 fully saturated rings. The Balaban J connectivity index is 1.54. The number of thiazole rings is 1. The number of hydrogen-bond acceptors (Lipinski definition) is 4. The first-order valence-electron chi connectivity index (χ1n) is 7.34. The van der Waals surface area contributed by atoms with E-state index in [4.69, 9.17) is 16.3 Å². The first-order valence-corrected chi connectivity index (χ1v) is 8.60. The van der Waals surface area contributed by atoms with Crippen molar-refractivity contribution in [2.75, 3.05) is 0 Å². The van der Waals surface area contributed by atoms with E-state index < -0.39 is 0 Å². The van der Waals surface area contributed by atoms with Gasteiger partial charge in [0.25, 0.3) is 5.91 Å². The molecule has 22 heavy (non-hydrogen) atoms. The van der Waals surface area contributed by atoms with E-state index in [0.717, 1.165) is 23.6 Å². The molecule has 1 heterocycles. The van der Waals surface area contributed by atoms with Gasteiger partial charge in [-0.1, -0.05) is 24.4 Å². The highest BCUT2D eigenvalue weighted by Gasteiger charge is 2.19. The summed E-state index contributed by atoms with van der Waals surface area (Å²) >= 11 is 7.26. The Morgan fingerprint density at radius 3 is 2.77 bits per heavy atom. The topological polar surface area (TPSA) is 51.2 Å². The molecule has 2 aromatic rings. The normalized spacial score (nSPS) is 15.0. The SMILES string of the molecule is O=C(NC1CCCC1)c1csc(COc2ccc(Cl)cc2)n1. The molecule has 0 spiro atoms. The van der Waals surface area contributed by atoms with Gasteiger partial charge in [-0.15, -0.1) is 11.3 Å². The maximum Gasteiger partial charge on any atom is 0.270 e. The monoisotopic (exact) mass is 336 g/mol. The van der Waals surface area contributed by atoms with Gasteiger partial charge in [0, 0.05) is 16.4 Å². The van der Waals surface area contributed by atoms with Crippen LogP contribution in [0.5, 0.6) is 5.75 Å². The highest BCUT2D eigenvalue weighted by atomic mass is 35.5. The molecule has 4 nitrogen and oxygen atoms in total. The van der Waals surface area contributed by atoms with Crippen molar-refractivity contribution in [1.29, 1.82) is 0 Å². The molecule has 0 atom stereocenters. The van der Waals surface area contributed by atoms with Crippen molar-refractivity contribution >= 4 is 28.8 Å². The predicted octanol–water partition coefficient (Wildman–Crippen LogP) is 4.05. The van der Waals surface area contributed by atoms with Gasteiger partial charge in [-0.25, -0.2) is 4.98 Å². The second-order valence-electron chi connectivity index (χ2n) is 5.32. The van der Waals surface area contributed by atoms with Gasteiger partial charge < -0.3 is 10.1 Å². The lowest BCUT2D eigenvalue weighted by Crippen LogP contribution is -2.32. The van der Waals surface area contributed by atoms with Crippen LogP contribution in [0.4, 0.5) is 0 Å². The zero-order valence-electron chi connectivity index (χ0n) is 12.0. The Bertz CT molecular complexity index is 636. The third-order valence-corrected chi connectivity index (χ3v) is 4.73. The molecule has 0 unspecified atom stereocenters. The fraction of sp³-hybridized carbons (Fsp3) is 0.375. The second kappa shape index (κ2) is 7.11. The summed E-state index contributed by atoms with van der Waals surface area (Å²) in [6.45, 7) is 0.350. The summed E-state index contributed by atoms with van der Waals surface area (Å²) in [5.74, 6) is 0.650. The van der Waals surface area contributed by atoms with Crippen LogP contribution in [0.2, 0.25) is 5.02 Å². The molecule has 3 rings (SSSR count). The number of halogens is 1. The minimum absolute atomic E-state index is 0.0825. The number of nitrogens with zero attached hydrogens (tertiary/aromatic N) is 1. The van der Waals surface area contributed by atoms with E-state index in [1.54, 1.807) is 17.5 Å². The van der Waals surface area contributed by atoms with Crippen molar-refractivity contribution in [2.45, 2.75) is 38.3 Å². The summed E-state index contributed by atoms with van der Waals surface area (Å²) in [4.78, 5) is 16.4. The standard InChI is InChI=1S/C16H17ClN2O2S/c17-11-5-7-13(8-6-11)21-9-15-19-14(10-22-15)16(20)18-12-3-1-2-4-12/h5-8,10,12H,1-4,9H2,(H,18,20). The molecule has 1 aromatic carbocycles. The van der Waals surface area contributed by atoms with E-state index >= 15 is 0 Å². The second-order valence-corrected chi connectivity index (χ2v) is 6.70. The van der Waals surface area contributed by atoms with E-state index in [-0.39, 0.29) is 5.91 Å². The third-order valence-electron chi connectivity index (χ3n) is 3.65. The summed E-state index contributed by atoms with van der Waals surface area (Å²) in [6.07, 6.45) is 4.54. The number of rotatable bonds is 5. The summed E-state index contributed by atoms with van der Waals surface area (Å²) in [5.41, 5.74) is 0.478. The van der Waals surface area contributed by atoms with Gasteiger partial charge in [-0.2, -0.15) is 0 Å². The summed E-state index contributed by atoms with van der Waals surface area (Å²) in [5, 5.41) is 6.28. The fourth-order valence-electron chi connectivity index (χ4n) is 2.49. The molecule has 0 bridgehead atoms. The van der Waals surface area contributed by atoms with Crippen LogP contribution in [-0.4, -0.2) is 16.9 Å². The van der Waals surface area contributed by atoms with Crippen molar-refractivity contribution in [3.05, 3.63) is 45.4 Å². The number of ether oxygens (including phenoxy) is 1. The average molecular weight is 337 g/mol. The molecule has 0 aliphatic heterocycles. The van der Waals surface area contributed by atoms with E-state index in [1.807, 2.05) is 12.1 Å². The van der Waals surface area contributed by atoms with Crippen LogP contribution >= 0.6 is 22.9 Å². The van der Waals surface area contributed by atoms with Crippen LogP contribution < -0.4 is 10.1 Å². The Morgan fingerprint density at radius 1 is 1.32 bits per heavy atom. The molecule has 1 amide bonds. The van der Waals surface area contributed by atoms with Crippen LogP contribution in [0.3, 0.4) is 0 Å². The molecule has 1 aliphatic carbocycles. The maximum absolute atomic E-state index is 12.1. The molecule has 0 radical (unpaired) electrons. The van der Waals surface area contributed by atoms with Gasteiger partial charge in [-0.05, 0) is 37.1 Å². The largest absolute Gasteiger partial charge is 0.486 e. The lowest BCUT2D eigenvalue weighted by molar-refractivity contribution is 0.0933. The quantitative estimate of drug-likeness (QED) is 0.896. The van der Waals surface area contributed by atoms with Crippen molar-refractivity contribution in [3.63, 3.8) is 0 Å². The minimum atomic E-state index is -0.0825. The Kier molecular flexibility index (Phi) is 4.95. The summed E-state index contributed by atoms with van der Waals surface area (Å²) in [6, 6.07) is 7.48. The van der Waals surface area contributed by atoms with E-state index in [0.29, 0.717) is 23.4 Å². The number of hydrogen-bond donors (Lipinski definition) is 1. The van der Waals surface area contributed by atoms with Gasteiger partial charge in [0.1, 0.15) is 23.1 Å². The number of benzene rings is 1. The number of carbonyl (C=O) groups excluding carboxylic acids is 1. The van der Waals surface area contributed by atoms with Crippen molar-refractivity contribution in [3.8, 4) is 5.75 Å². The Morgan fingerprint density at radius 2 is 2.05 bits per heavy atom. The van der Waals surface area contributed by atoms with Crippen LogP contribution in [0.15, 0.2) is 29.6 Å². The van der Waals surface area contributed by atoms with Gasteiger partial charge in [0.05, 0.1) is 0 Å². The van der Waals surface area contributed by atoms with Gasteiger partial charge in [0.2, 0.25) is 0 Å². The van der Waals surface area contributed by atoms with Crippen LogP contribution in [0.1, 0.15) is 41.2 Å². The molecule has 1 aliphatic rings. The van der Waals surface area contributed by atoms with E-state index in [1.165, 1.54) is 24.2 Å². The van der Waals surface area contributed by atoms with E-state index in [9.17, 15) is 4.79 Å². The smallest absolute Gasteiger partial charge is 0.270 e. The van der Waals surface area contributed by atoms with Gasteiger partial charge in [-0.3, -0.25) is 4.79 Å². The number of nitrogens with one attached hydrogen (secondary N) is 1. The number of aromatic nitrogens is 1. The first kappa shape index (κ1) is 15.3. The van der Waals surface area contributed by atoms with Crippen LogP contribution in [0.25, 0.3) is 0 Å². The zero-order valence-corrected chi connectivity index (χ0v) is 13.6. The maximum atomic E-state index is 12.1. The molecule has 6 heteroatoms. The van der Waals surface area contributed by atoms with Crippen molar-refractivity contribution in [2.24, 2.45) is 0 Å². The third kappa shape index (κ3) is 3.99. The molecule has 1 saturated carbocycles. The molecular weight excluding hydrogens is 320 g/mol. The Hall–Kier alpha value is -1.59. The van der Waals surface area contributed by atoms with E-state index in [2.05, 4.69) is 10.3 Å². The van der Waals surface area contributed by atoms with Gasteiger partial charge in [0.15, 0.2) is 0 Å². The molecule has 1 aromatic heterocycles. The highest BCUT2D eigenvalue weighted by Crippen LogP contribution is 2.20. The average Bonchev–Trinajstić information content (AvgIpc) is 3.18. The molecular formula is C16H17ClN2O2S. The minimum Gasteiger partial charge on any atom is -0.486 e. The first-order chi connectivity index (χ1) is 10.7. The van der Waals surface area contributed by atoms with Crippen LogP contribution in [-0.2, 0) is 6.61 Å². The number of amides is 1. The fourth-order valence-corrected chi connectivity index (χ4v) is 3.30. The Labute approximate surface area is 138 Å². The summed E-state index contributed by atoms with van der Waals surface area (Å²) in [7, 11) is 0. The molecule has 1 N–H and O–H groups in total. The zero-order chi connectivity index (χ0) is 15.4. The number of carbonyl (C=O) groups is 1.